The summed E-state index contributed by atoms with van der Waals surface area (Å²) in [7, 11) is 0. The van der Waals surface area contributed by atoms with E-state index in [1.165, 1.54) is 0 Å². The summed E-state index contributed by atoms with van der Waals surface area (Å²) in [5, 5.41) is 6.86. The van der Waals surface area contributed by atoms with Crippen LogP contribution in [-0.4, -0.2) is 34.1 Å². The monoisotopic (exact) mass is 317 g/mol. The van der Waals surface area contributed by atoms with Gasteiger partial charge in [0, 0.05) is 5.54 Å². The van der Waals surface area contributed by atoms with E-state index in [1.807, 2.05) is 20.8 Å². The van der Waals surface area contributed by atoms with Crippen molar-refractivity contribution in [1.29, 1.82) is 0 Å². The highest BCUT2D eigenvalue weighted by Crippen LogP contribution is 2.27. The Hall–Kier alpha value is -1.24. The van der Waals surface area contributed by atoms with Gasteiger partial charge in [0.2, 0.25) is 5.88 Å². The van der Waals surface area contributed by atoms with Gasteiger partial charge in [-0.2, -0.15) is 5.10 Å². The van der Waals surface area contributed by atoms with Gasteiger partial charge in [-0.3, -0.25) is 0 Å². The molecule has 0 spiro atoms. The molecule has 0 radical (unpaired) electrons. The first-order chi connectivity index (χ1) is 8.35. The summed E-state index contributed by atoms with van der Waals surface area (Å²) in [6.45, 7) is 6.53. The molecule has 100 valence electrons. The van der Waals surface area contributed by atoms with Crippen molar-refractivity contribution in [2.24, 2.45) is 0 Å². The Labute approximate surface area is 114 Å². The molecule has 0 saturated heterocycles. The molecule has 0 aromatic carbocycles. The fourth-order valence-electron chi connectivity index (χ4n) is 1.60. The first-order valence-electron chi connectivity index (χ1n) is 5.68. The van der Waals surface area contributed by atoms with Gasteiger partial charge in [0.15, 0.2) is 6.10 Å². The Morgan fingerprint density at radius 2 is 2.39 bits per heavy atom. The predicted octanol–water partition coefficient (Wildman–Crippen LogP) is 1.93. The van der Waals surface area contributed by atoms with Crippen molar-refractivity contribution in [3.05, 3.63) is 10.7 Å². The highest BCUT2D eigenvalue weighted by Gasteiger charge is 2.26. The van der Waals surface area contributed by atoms with Crippen LogP contribution in [0.5, 0.6) is 5.88 Å². The van der Waals surface area contributed by atoms with E-state index in [0.717, 1.165) is 4.47 Å². The maximum Gasteiger partial charge on any atom is 0.408 e. The fraction of sp³-hybridized carbons (Fsp3) is 0.636. The zero-order chi connectivity index (χ0) is 13.3. The number of carbonyl (C=O) groups is 1. The summed E-state index contributed by atoms with van der Waals surface area (Å²) in [6.07, 6.45) is 0.893. The number of nitrogens with one attached hydrogen (secondary N) is 1. The van der Waals surface area contributed by atoms with E-state index in [2.05, 4.69) is 26.3 Å². The molecule has 7 heteroatoms. The quantitative estimate of drug-likeness (QED) is 0.859. The first-order valence-corrected chi connectivity index (χ1v) is 6.47. The van der Waals surface area contributed by atoms with Crippen molar-refractivity contribution in [3.63, 3.8) is 0 Å². The number of hydrogen-bond donors (Lipinski definition) is 1. The molecule has 2 rings (SSSR count). The topological polar surface area (TPSA) is 65.4 Å². The molecule has 2 heterocycles. The molecule has 1 N–H and O–H groups in total. The van der Waals surface area contributed by atoms with Crippen LogP contribution in [0.3, 0.4) is 0 Å². The third-order valence-electron chi connectivity index (χ3n) is 2.28. The molecule has 0 unspecified atom stereocenters. The lowest BCUT2D eigenvalue weighted by Crippen LogP contribution is -2.44. The van der Waals surface area contributed by atoms with Crippen LogP contribution in [0.25, 0.3) is 0 Å². The Bertz CT molecular complexity index is 453. The van der Waals surface area contributed by atoms with E-state index >= 15 is 0 Å². The molecular formula is C11H16BrN3O3. The third kappa shape index (κ3) is 3.16. The van der Waals surface area contributed by atoms with E-state index in [1.54, 1.807) is 10.9 Å². The summed E-state index contributed by atoms with van der Waals surface area (Å²) in [6, 6.07) is 0. The SMILES string of the molecule is CC(C)(C)NC(=O)O[C@H]1COc2c(Br)cnn2C1. The van der Waals surface area contributed by atoms with Crippen molar-refractivity contribution in [2.45, 2.75) is 39.0 Å². The molecule has 6 nitrogen and oxygen atoms in total. The molecular weight excluding hydrogens is 302 g/mol. The Morgan fingerprint density at radius 3 is 3.06 bits per heavy atom. The number of nitrogens with zero attached hydrogens (tertiary/aromatic N) is 2. The number of rotatable bonds is 1. The predicted molar refractivity (Wildman–Crippen MR) is 68.6 cm³/mol. The van der Waals surface area contributed by atoms with Crippen LogP contribution < -0.4 is 10.1 Å². The third-order valence-corrected chi connectivity index (χ3v) is 2.83. The standard InChI is InChI=1S/C11H16BrN3O3/c1-11(2,3)14-10(16)18-7-5-15-9(17-6-7)8(12)4-13-15/h4,7H,5-6H2,1-3H3,(H,14,16)/t7-/m1/s1. The lowest BCUT2D eigenvalue weighted by atomic mass is 10.1. The lowest BCUT2D eigenvalue weighted by molar-refractivity contribution is 0.0272. The number of ether oxygens (including phenoxy) is 2. The van der Waals surface area contributed by atoms with Crippen LogP contribution in [0.15, 0.2) is 10.7 Å². The summed E-state index contributed by atoms with van der Waals surface area (Å²) < 4.78 is 13.2. The van der Waals surface area contributed by atoms with Crippen LogP contribution in [0.2, 0.25) is 0 Å². The molecule has 1 aromatic heterocycles. The van der Waals surface area contributed by atoms with Gasteiger partial charge in [0.25, 0.3) is 0 Å². The van der Waals surface area contributed by atoms with Crippen molar-refractivity contribution >= 4 is 22.0 Å². The molecule has 1 aromatic rings. The molecule has 1 aliphatic rings. The largest absolute Gasteiger partial charge is 0.473 e. The second kappa shape index (κ2) is 4.79. The number of alkyl carbamates (subject to hydrolysis) is 1. The van der Waals surface area contributed by atoms with Crippen molar-refractivity contribution in [1.82, 2.24) is 15.1 Å². The van der Waals surface area contributed by atoms with Crippen LogP contribution in [0.1, 0.15) is 20.8 Å². The van der Waals surface area contributed by atoms with Gasteiger partial charge in [-0.1, -0.05) is 0 Å². The van der Waals surface area contributed by atoms with Gasteiger partial charge in [-0.15, -0.1) is 0 Å². The Morgan fingerprint density at radius 1 is 1.67 bits per heavy atom. The second-order valence-corrected chi connectivity index (χ2v) is 6.05. The molecule has 1 aliphatic heterocycles. The minimum absolute atomic E-state index is 0.313. The van der Waals surface area contributed by atoms with E-state index in [4.69, 9.17) is 9.47 Å². The summed E-state index contributed by atoms with van der Waals surface area (Å²) in [4.78, 5) is 11.6. The van der Waals surface area contributed by atoms with Crippen LogP contribution in [-0.2, 0) is 11.3 Å². The maximum atomic E-state index is 11.6. The number of aromatic nitrogens is 2. The number of hydrogen-bond acceptors (Lipinski definition) is 4. The molecule has 18 heavy (non-hydrogen) atoms. The highest BCUT2D eigenvalue weighted by atomic mass is 79.9. The second-order valence-electron chi connectivity index (χ2n) is 5.19. The lowest BCUT2D eigenvalue weighted by Gasteiger charge is -2.26. The Balaban J connectivity index is 1.92. The van der Waals surface area contributed by atoms with E-state index in [-0.39, 0.29) is 11.6 Å². The molecule has 0 bridgehead atoms. The fourth-order valence-corrected chi connectivity index (χ4v) is 2.01. The van der Waals surface area contributed by atoms with Gasteiger partial charge in [0.1, 0.15) is 6.61 Å². The highest BCUT2D eigenvalue weighted by molar-refractivity contribution is 9.10. The molecule has 1 atom stereocenters. The average molecular weight is 318 g/mol. The van der Waals surface area contributed by atoms with E-state index < -0.39 is 6.09 Å². The smallest absolute Gasteiger partial charge is 0.408 e. The summed E-state index contributed by atoms with van der Waals surface area (Å²) in [5.41, 5.74) is -0.313. The molecule has 0 saturated carbocycles. The summed E-state index contributed by atoms with van der Waals surface area (Å²) >= 11 is 3.33. The molecule has 1 amide bonds. The number of carbonyl (C=O) groups excluding carboxylic acids is 1. The van der Waals surface area contributed by atoms with Gasteiger partial charge in [-0.25, -0.2) is 9.48 Å². The van der Waals surface area contributed by atoms with Crippen molar-refractivity contribution in [3.8, 4) is 5.88 Å². The minimum Gasteiger partial charge on any atom is -0.473 e. The van der Waals surface area contributed by atoms with Crippen molar-refractivity contribution < 1.29 is 14.3 Å². The minimum atomic E-state index is -0.439. The maximum absolute atomic E-state index is 11.6. The normalized spacial score (nSPS) is 18.8. The van der Waals surface area contributed by atoms with Gasteiger partial charge >= 0.3 is 6.09 Å². The van der Waals surface area contributed by atoms with Crippen LogP contribution in [0.4, 0.5) is 4.79 Å². The number of fused-ring (bicyclic) bond motifs is 1. The van der Waals surface area contributed by atoms with Crippen LogP contribution >= 0.6 is 15.9 Å². The number of halogens is 1. The van der Waals surface area contributed by atoms with E-state index in [0.29, 0.717) is 19.0 Å². The zero-order valence-electron chi connectivity index (χ0n) is 10.6. The summed E-state index contributed by atoms with van der Waals surface area (Å²) in [5.74, 6) is 0.672. The zero-order valence-corrected chi connectivity index (χ0v) is 12.2. The molecule has 0 aliphatic carbocycles. The van der Waals surface area contributed by atoms with Crippen molar-refractivity contribution in [2.75, 3.05) is 6.61 Å². The van der Waals surface area contributed by atoms with E-state index in [9.17, 15) is 4.79 Å². The van der Waals surface area contributed by atoms with Gasteiger partial charge < -0.3 is 14.8 Å². The van der Waals surface area contributed by atoms with Gasteiger partial charge in [0.05, 0.1) is 17.2 Å². The first kappa shape index (κ1) is 13.2. The Kier molecular flexibility index (Phi) is 3.52. The molecule has 0 fully saturated rings. The van der Waals surface area contributed by atoms with Gasteiger partial charge in [-0.05, 0) is 36.7 Å². The number of amides is 1. The average Bonchev–Trinajstić information content (AvgIpc) is 2.57. The van der Waals surface area contributed by atoms with Crippen LogP contribution in [0, 0.1) is 0 Å².